The molecule has 0 spiro atoms. The summed E-state index contributed by atoms with van der Waals surface area (Å²) in [5, 5.41) is 6.31. The summed E-state index contributed by atoms with van der Waals surface area (Å²) in [5.74, 6) is 0.682. The van der Waals surface area contributed by atoms with Gasteiger partial charge in [-0.1, -0.05) is 0 Å². The second kappa shape index (κ2) is 8.73. The highest BCUT2D eigenvalue weighted by Crippen LogP contribution is 2.07. The highest BCUT2D eigenvalue weighted by molar-refractivity contribution is 5.94. The number of rotatable bonds is 3. The average molecular weight is 344 g/mol. The van der Waals surface area contributed by atoms with Crippen LogP contribution in [0.2, 0.25) is 0 Å². The van der Waals surface area contributed by atoms with Crippen LogP contribution in [0.3, 0.4) is 0 Å². The van der Waals surface area contributed by atoms with Gasteiger partial charge < -0.3 is 10.6 Å². The first-order chi connectivity index (χ1) is 9.83. The summed E-state index contributed by atoms with van der Waals surface area (Å²) in [6.07, 6.45) is 8.91. The molecular formula is C14H19Cl2N5O. The number of halogens is 2. The molecule has 120 valence electrons. The maximum atomic E-state index is 12.1. The predicted molar refractivity (Wildman–Crippen MR) is 89.2 cm³/mol. The maximum Gasteiger partial charge on any atom is 0.253 e. The van der Waals surface area contributed by atoms with E-state index in [0.717, 1.165) is 31.7 Å². The first kappa shape index (κ1) is 18.4. The lowest BCUT2D eigenvalue weighted by Crippen LogP contribution is -2.45. The number of carbonyl (C=O) groups is 1. The van der Waals surface area contributed by atoms with E-state index in [1.807, 2.05) is 12.3 Å². The van der Waals surface area contributed by atoms with E-state index in [1.165, 1.54) is 0 Å². The fourth-order valence-corrected chi connectivity index (χ4v) is 2.31. The Balaban J connectivity index is 0.00000121. The number of carbonyl (C=O) groups excluding carboxylic acids is 1. The lowest BCUT2D eigenvalue weighted by molar-refractivity contribution is 0.0930. The smallest absolute Gasteiger partial charge is 0.253 e. The van der Waals surface area contributed by atoms with Gasteiger partial charge in [-0.15, -0.1) is 24.8 Å². The molecule has 22 heavy (non-hydrogen) atoms. The molecule has 8 heteroatoms. The fourth-order valence-electron chi connectivity index (χ4n) is 2.31. The van der Waals surface area contributed by atoms with Crippen LogP contribution >= 0.6 is 24.8 Å². The lowest BCUT2D eigenvalue weighted by Gasteiger charge is -2.23. The van der Waals surface area contributed by atoms with Gasteiger partial charge in [-0.2, -0.15) is 0 Å². The van der Waals surface area contributed by atoms with Crippen LogP contribution in [0.25, 0.3) is 5.82 Å². The molecule has 1 amide bonds. The normalized spacial score (nSPS) is 17.0. The molecule has 0 saturated carbocycles. The Morgan fingerprint density at radius 2 is 2.23 bits per heavy atom. The summed E-state index contributed by atoms with van der Waals surface area (Å²) < 4.78 is 1.80. The van der Waals surface area contributed by atoms with Crippen molar-refractivity contribution >= 4 is 30.7 Å². The minimum atomic E-state index is -0.0663. The van der Waals surface area contributed by atoms with Crippen LogP contribution < -0.4 is 10.6 Å². The van der Waals surface area contributed by atoms with Gasteiger partial charge in [0.05, 0.1) is 5.56 Å². The van der Waals surface area contributed by atoms with Crippen molar-refractivity contribution in [1.29, 1.82) is 0 Å². The van der Waals surface area contributed by atoms with Gasteiger partial charge in [0.25, 0.3) is 5.91 Å². The minimum absolute atomic E-state index is 0. The Morgan fingerprint density at radius 3 is 2.82 bits per heavy atom. The van der Waals surface area contributed by atoms with Crippen molar-refractivity contribution in [2.75, 3.05) is 13.1 Å². The topological polar surface area (TPSA) is 71.8 Å². The molecule has 0 aromatic carbocycles. The number of hydrogen-bond acceptors (Lipinski definition) is 4. The van der Waals surface area contributed by atoms with Crippen molar-refractivity contribution in [3.8, 4) is 5.82 Å². The summed E-state index contributed by atoms with van der Waals surface area (Å²) >= 11 is 0. The molecule has 2 aromatic rings. The quantitative estimate of drug-likeness (QED) is 0.887. The van der Waals surface area contributed by atoms with Crippen molar-refractivity contribution in [2.24, 2.45) is 0 Å². The SMILES string of the molecule is Cl.Cl.O=C(NC1CCCNC1)c1ccc(-n2ccnc2)nc1. The number of nitrogens with zero attached hydrogens (tertiary/aromatic N) is 3. The van der Waals surface area contributed by atoms with Crippen LogP contribution in [-0.2, 0) is 0 Å². The fraction of sp³-hybridized carbons (Fsp3) is 0.357. The summed E-state index contributed by atoms with van der Waals surface area (Å²) in [7, 11) is 0. The lowest BCUT2D eigenvalue weighted by atomic mass is 10.1. The van der Waals surface area contributed by atoms with Crippen molar-refractivity contribution in [3.63, 3.8) is 0 Å². The molecule has 1 aliphatic heterocycles. The van der Waals surface area contributed by atoms with Crippen molar-refractivity contribution in [1.82, 2.24) is 25.2 Å². The third-order valence-corrected chi connectivity index (χ3v) is 3.41. The van der Waals surface area contributed by atoms with Gasteiger partial charge in [-0.25, -0.2) is 9.97 Å². The second-order valence-electron chi connectivity index (χ2n) is 4.89. The third-order valence-electron chi connectivity index (χ3n) is 3.41. The van der Waals surface area contributed by atoms with Crippen LogP contribution in [0.15, 0.2) is 37.1 Å². The molecule has 2 N–H and O–H groups in total. The first-order valence-corrected chi connectivity index (χ1v) is 6.79. The van der Waals surface area contributed by atoms with Crippen LogP contribution in [-0.4, -0.2) is 39.6 Å². The summed E-state index contributed by atoms with van der Waals surface area (Å²) in [4.78, 5) is 20.4. The van der Waals surface area contributed by atoms with E-state index in [-0.39, 0.29) is 36.8 Å². The molecule has 3 heterocycles. The Hall–Kier alpha value is -1.63. The van der Waals surface area contributed by atoms with E-state index in [4.69, 9.17) is 0 Å². The standard InChI is InChI=1S/C14H17N5O.2ClH/c20-14(18-12-2-1-5-15-9-12)11-3-4-13(17-8-11)19-7-6-16-10-19;;/h3-4,6-8,10,12,15H,1-2,5,9H2,(H,18,20);2*1H. The molecule has 3 rings (SSSR count). The molecule has 1 aliphatic rings. The van der Waals surface area contributed by atoms with Crippen LogP contribution in [0, 0.1) is 0 Å². The van der Waals surface area contributed by atoms with E-state index in [9.17, 15) is 4.79 Å². The number of nitrogens with one attached hydrogen (secondary N) is 2. The second-order valence-corrected chi connectivity index (χ2v) is 4.89. The van der Waals surface area contributed by atoms with Crippen LogP contribution in [0.5, 0.6) is 0 Å². The van der Waals surface area contributed by atoms with Crippen molar-refractivity contribution < 1.29 is 4.79 Å². The number of pyridine rings is 1. The number of imidazole rings is 1. The van der Waals surface area contributed by atoms with E-state index < -0.39 is 0 Å². The number of hydrogen-bond donors (Lipinski definition) is 2. The third kappa shape index (κ3) is 4.43. The zero-order valence-electron chi connectivity index (χ0n) is 11.9. The van der Waals surface area contributed by atoms with Gasteiger partial charge in [-0.05, 0) is 31.5 Å². The Kier molecular flexibility index (Phi) is 7.31. The van der Waals surface area contributed by atoms with Crippen LogP contribution in [0.4, 0.5) is 0 Å². The van der Waals surface area contributed by atoms with Gasteiger partial charge in [0.1, 0.15) is 12.1 Å². The van der Waals surface area contributed by atoms with Gasteiger partial charge >= 0.3 is 0 Å². The number of aromatic nitrogens is 3. The van der Waals surface area contributed by atoms with E-state index in [1.54, 1.807) is 29.4 Å². The van der Waals surface area contributed by atoms with Crippen molar-refractivity contribution in [2.45, 2.75) is 18.9 Å². The average Bonchev–Trinajstić information content (AvgIpc) is 3.03. The Bertz CT molecular complexity index is 567. The molecule has 0 bridgehead atoms. The molecule has 0 radical (unpaired) electrons. The Morgan fingerprint density at radius 1 is 1.36 bits per heavy atom. The zero-order chi connectivity index (χ0) is 13.8. The molecular weight excluding hydrogens is 325 g/mol. The van der Waals surface area contributed by atoms with Crippen molar-refractivity contribution in [3.05, 3.63) is 42.6 Å². The number of amides is 1. The molecule has 2 aromatic heterocycles. The first-order valence-electron chi connectivity index (χ1n) is 6.79. The molecule has 0 aliphatic carbocycles. The van der Waals surface area contributed by atoms with Crippen LogP contribution in [0.1, 0.15) is 23.2 Å². The largest absolute Gasteiger partial charge is 0.348 e. The molecule has 1 fully saturated rings. The number of piperidine rings is 1. The van der Waals surface area contributed by atoms with Gasteiger partial charge in [0.2, 0.25) is 0 Å². The highest BCUT2D eigenvalue weighted by Gasteiger charge is 2.16. The van der Waals surface area contributed by atoms with E-state index in [2.05, 4.69) is 20.6 Å². The zero-order valence-corrected chi connectivity index (χ0v) is 13.6. The molecule has 1 unspecified atom stereocenters. The summed E-state index contributed by atoms with van der Waals surface area (Å²) in [6.45, 7) is 1.87. The van der Waals surface area contributed by atoms with Gasteiger partial charge in [-0.3, -0.25) is 9.36 Å². The summed E-state index contributed by atoms with van der Waals surface area (Å²) in [5.41, 5.74) is 0.583. The highest BCUT2D eigenvalue weighted by atomic mass is 35.5. The minimum Gasteiger partial charge on any atom is -0.348 e. The predicted octanol–water partition coefficient (Wildman–Crippen LogP) is 1.59. The van der Waals surface area contributed by atoms with E-state index in [0.29, 0.717) is 5.56 Å². The summed E-state index contributed by atoms with van der Waals surface area (Å²) in [6, 6.07) is 3.81. The van der Waals surface area contributed by atoms with Gasteiger partial charge in [0, 0.05) is 31.2 Å². The van der Waals surface area contributed by atoms with Gasteiger partial charge in [0.15, 0.2) is 0 Å². The monoisotopic (exact) mass is 343 g/mol. The Labute approximate surface area is 141 Å². The molecule has 1 atom stereocenters. The maximum absolute atomic E-state index is 12.1. The molecule has 6 nitrogen and oxygen atoms in total. The molecule has 1 saturated heterocycles. The van der Waals surface area contributed by atoms with E-state index >= 15 is 0 Å².